The third-order valence-electron chi connectivity index (χ3n) is 5.23. The second-order valence-corrected chi connectivity index (χ2v) is 8.06. The summed E-state index contributed by atoms with van der Waals surface area (Å²) in [4.78, 5) is 24.0. The van der Waals surface area contributed by atoms with Gasteiger partial charge in [0.2, 0.25) is 0 Å². The van der Waals surface area contributed by atoms with Gasteiger partial charge in [0, 0.05) is 48.8 Å². The molecule has 0 radical (unpaired) electrons. The second-order valence-electron chi connectivity index (χ2n) is 7.19. The molecule has 6 nitrogen and oxygen atoms in total. The number of piperidine rings is 1. The predicted octanol–water partition coefficient (Wildman–Crippen LogP) is 3.87. The monoisotopic (exact) mass is 395 g/mol. The molecule has 4 rings (SSSR count). The first-order chi connectivity index (χ1) is 13.6. The lowest BCUT2D eigenvalue weighted by Gasteiger charge is -2.27. The number of carbonyl (C=O) groups is 1. The topological polar surface area (TPSA) is 63.1 Å². The Morgan fingerprint density at radius 1 is 1.14 bits per heavy atom. The van der Waals surface area contributed by atoms with Gasteiger partial charge in [0.15, 0.2) is 5.13 Å². The van der Waals surface area contributed by atoms with Crippen LogP contribution in [0, 0.1) is 13.8 Å². The van der Waals surface area contributed by atoms with Crippen LogP contribution >= 0.6 is 11.3 Å². The minimum atomic E-state index is -0.0627. The Morgan fingerprint density at radius 2 is 1.96 bits per heavy atom. The zero-order valence-corrected chi connectivity index (χ0v) is 17.1. The van der Waals surface area contributed by atoms with Crippen molar-refractivity contribution in [3.8, 4) is 5.13 Å². The van der Waals surface area contributed by atoms with E-state index in [4.69, 9.17) is 0 Å². The molecule has 4 heterocycles. The fourth-order valence-electron chi connectivity index (χ4n) is 3.76. The molecule has 1 saturated heterocycles. The summed E-state index contributed by atoms with van der Waals surface area (Å²) in [6, 6.07) is 5.98. The minimum absolute atomic E-state index is 0.0627. The van der Waals surface area contributed by atoms with Gasteiger partial charge in [-0.2, -0.15) is 0 Å². The molecule has 1 amide bonds. The van der Waals surface area contributed by atoms with E-state index >= 15 is 0 Å². The van der Waals surface area contributed by atoms with Gasteiger partial charge in [0.05, 0.1) is 5.56 Å². The Kier molecular flexibility index (Phi) is 5.43. The smallest absolute Gasteiger partial charge is 0.253 e. The highest BCUT2D eigenvalue weighted by atomic mass is 32.1. The van der Waals surface area contributed by atoms with Crippen molar-refractivity contribution in [3.63, 3.8) is 0 Å². The molecule has 1 N–H and O–H groups in total. The van der Waals surface area contributed by atoms with E-state index in [1.54, 1.807) is 17.5 Å². The zero-order chi connectivity index (χ0) is 19.5. The summed E-state index contributed by atoms with van der Waals surface area (Å²) in [6.07, 6.45) is 7.35. The van der Waals surface area contributed by atoms with Gasteiger partial charge in [-0.25, -0.2) is 9.97 Å². The van der Waals surface area contributed by atoms with Crippen molar-refractivity contribution in [1.29, 1.82) is 0 Å². The number of amides is 1. The molecule has 3 aromatic rings. The summed E-state index contributed by atoms with van der Waals surface area (Å²) in [5, 5.41) is 5.88. The van der Waals surface area contributed by atoms with E-state index in [0.717, 1.165) is 41.0 Å². The van der Waals surface area contributed by atoms with Crippen molar-refractivity contribution in [3.05, 3.63) is 58.5 Å². The third-order valence-corrected chi connectivity index (χ3v) is 5.99. The van der Waals surface area contributed by atoms with Crippen LogP contribution in [0.25, 0.3) is 5.13 Å². The lowest BCUT2D eigenvalue weighted by molar-refractivity contribution is 0.0950. The molecule has 0 aromatic carbocycles. The van der Waals surface area contributed by atoms with E-state index in [1.807, 2.05) is 42.1 Å². The number of pyridine rings is 1. The first kappa shape index (κ1) is 18.7. The van der Waals surface area contributed by atoms with Gasteiger partial charge in [-0.1, -0.05) is 0 Å². The maximum atomic E-state index is 12.8. The Hall–Kier alpha value is -2.67. The number of aromatic nitrogens is 3. The first-order valence-electron chi connectivity index (χ1n) is 9.70. The largest absolute Gasteiger partial charge is 0.357 e. The van der Waals surface area contributed by atoms with Gasteiger partial charge in [0.25, 0.3) is 5.91 Å². The summed E-state index contributed by atoms with van der Waals surface area (Å²) in [6.45, 7) is 6.57. The Labute approximate surface area is 169 Å². The third kappa shape index (κ3) is 3.80. The molecule has 7 heteroatoms. The number of nitrogens with one attached hydrogen (secondary N) is 1. The first-order valence-corrected chi connectivity index (χ1v) is 10.6. The van der Waals surface area contributed by atoms with Crippen LogP contribution in [0.5, 0.6) is 0 Å². The van der Waals surface area contributed by atoms with Crippen molar-refractivity contribution in [2.75, 3.05) is 18.0 Å². The predicted molar refractivity (Wildman–Crippen MR) is 112 cm³/mol. The highest BCUT2D eigenvalue weighted by Crippen LogP contribution is 2.22. The van der Waals surface area contributed by atoms with Crippen molar-refractivity contribution < 1.29 is 4.79 Å². The van der Waals surface area contributed by atoms with Crippen LogP contribution in [0.3, 0.4) is 0 Å². The van der Waals surface area contributed by atoms with Crippen LogP contribution < -0.4 is 10.2 Å². The zero-order valence-electron chi connectivity index (χ0n) is 16.3. The Bertz CT molecular complexity index is 957. The second kappa shape index (κ2) is 8.14. The van der Waals surface area contributed by atoms with E-state index in [1.165, 1.54) is 19.3 Å². The van der Waals surface area contributed by atoms with Crippen molar-refractivity contribution in [2.45, 2.75) is 39.7 Å². The summed E-state index contributed by atoms with van der Waals surface area (Å²) in [5.74, 6) is 0.945. The average Bonchev–Trinajstić information content (AvgIpc) is 3.34. The lowest BCUT2D eigenvalue weighted by Crippen LogP contribution is -2.30. The molecule has 0 spiro atoms. The molecule has 0 bridgehead atoms. The lowest BCUT2D eigenvalue weighted by atomic mass is 10.1. The summed E-state index contributed by atoms with van der Waals surface area (Å²) >= 11 is 1.56. The van der Waals surface area contributed by atoms with Crippen LogP contribution in [-0.4, -0.2) is 33.5 Å². The van der Waals surface area contributed by atoms with Gasteiger partial charge < -0.3 is 10.2 Å². The molecular formula is C21H25N5OS. The van der Waals surface area contributed by atoms with Crippen LogP contribution in [0.2, 0.25) is 0 Å². The average molecular weight is 396 g/mol. The number of aryl methyl sites for hydroxylation is 1. The number of nitrogens with zero attached hydrogens (tertiary/aromatic N) is 4. The molecule has 3 aromatic heterocycles. The van der Waals surface area contributed by atoms with Crippen LogP contribution in [0.1, 0.15) is 46.6 Å². The number of anilines is 1. The Balaban J connectivity index is 1.46. The maximum Gasteiger partial charge on any atom is 0.253 e. The number of hydrogen-bond donors (Lipinski definition) is 1. The van der Waals surface area contributed by atoms with E-state index in [2.05, 4.69) is 26.3 Å². The molecule has 1 aliphatic heterocycles. The molecule has 1 aliphatic rings. The molecular weight excluding hydrogens is 370 g/mol. The van der Waals surface area contributed by atoms with Gasteiger partial charge in [-0.3, -0.25) is 9.36 Å². The van der Waals surface area contributed by atoms with E-state index < -0.39 is 0 Å². The van der Waals surface area contributed by atoms with Gasteiger partial charge in [-0.15, -0.1) is 11.3 Å². The normalized spacial score (nSPS) is 14.3. The quantitative estimate of drug-likeness (QED) is 0.712. The van der Waals surface area contributed by atoms with Crippen LogP contribution in [-0.2, 0) is 6.54 Å². The van der Waals surface area contributed by atoms with Crippen LogP contribution in [0.15, 0.2) is 36.0 Å². The Morgan fingerprint density at radius 3 is 2.71 bits per heavy atom. The van der Waals surface area contributed by atoms with Crippen molar-refractivity contribution in [1.82, 2.24) is 19.9 Å². The number of thiazole rings is 1. The highest BCUT2D eigenvalue weighted by Gasteiger charge is 2.18. The summed E-state index contributed by atoms with van der Waals surface area (Å²) in [7, 11) is 0. The molecule has 0 unspecified atom stereocenters. The van der Waals surface area contributed by atoms with E-state index in [-0.39, 0.29) is 5.91 Å². The fraction of sp³-hybridized carbons (Fsp3) is 0.381. The minimum Gasteiger partial charge on any atom is -0.357 e. The van der Waals surface area contributed by atoms with Gasteiger partial charge in [0.1, 0.15) is 5.82 Å². The molecule has 0 saturated carbocycles. The fourth-order valence-corrected chi connectivity index (χ4v) is 4.51. The standard InChI is InChI=1S/C21H25N5OS/c1-15-12-18(16(2)26(15)21-23-8-11-28-21)20(27)24-14-17-6-7-22-19(13-17)25-9-4-3-5-10-25/h6-8,11-13H,3-5,9-10,14H2,1-2H3,(H,24,27). The molecule has 28 heavy (non-hydrogen) atoms. The summed E-state index contributed by atoms with van der Waals surface area (Å²) < 4.78 is 2.03. The molecule has 0 atom stereocenters. The van der Waals surface area contributed by atoms with E-state index in [9.17, 15) is 4.79 Å². The van der Waals surface area contributed by atoms with Crippen molar-refractivity contribution >= 4 is 23.1 Å². The number of carbonyl (C=O) groups excluding carboxylic acids is 1. The van der Waals surface area contributed by atoms with Gasteiger partial charge in [-0.05, 0) is 56.9 Å². The van der Waals surface area contributed by atoms with Gasteiger partial charge >= 0.3 is 0 Å². The summed E-state index contributed by atoms with van der Waals surface area (Å²) in [5.41, 5.74) is 3.68. The van der Waals surface area contributed by atoms with Crippen LogP contribution in [0.4, 0.5) is 5.82 Å². The molecule has 146 valence electrons. The van der Waals surface area contributed by atoms with Crippen molar-refractivity contribution in [2.24, 2.45) is 0 Å². The number of hydrogen-bond acceptors (Lipinski definition) is 5. The highest BCUT2D eigenvalue weighted by molar-refractivity contribution is 7.12. The maximum absolute atomic E-state index is 12.8. The molecule has 0 aliphatic carbocycles. The molecule has 1 fully saturated rings. The SMILES string of the molecule is Cc1cc(C(=O)NCc2ccnc(N3CCCCC3)c2)c(C)n1-c1nccs1. The van der Waals surface area contributed by atoms with E-state index in [0.29, 0.717) is 12.1 Å². The number of rotatable bonds is 5.